The van der Waals surface area contributed by atoms with Crippen molar-refractivity contribution >= 4 is 5.69 Å². The van der Waals surface area contributed by atoms with Gasteiger partial charge < -0.3 is 10.6 Å². The summed E-state index contributed by atoms with van der Waals surface area (Å²) in [6, 6.07) is 2.66. The Morgan fingerprint density at radius 1 is 1.05 bits per heavy atom. The average Bonchev–Trinajstić information content (AvgIpc) is 2.37. The summed E-state index contributed by atoms with van der Waals surface area (Å²) < 4.78 is 28.1. The molecule has 0 radical (unpaired) electrons. The van der Waals surface area contributed by atoms with E-state index in [1.165, 1.54) is 12.1 Å². The molecule has 0 saturated carbocycles. The first-order chi connectivity index (χ1) is 9.32. The van der Waals surface area contributed by atoms with Crippen LogP contribution in [0, 0.1) is 11.6 Å². The lowest BCUT2D eigenvalue weighted by Gasteiger charge is -2.43. The van der Waals surface area contributed by atoms with Crippen LogP contribution in [0.1, 0.15) is 26.3 Å². The van der Waals surface area contributed by atoms with Gasteiger partial charge in [-0.15, -0.1) is 0 Å². The number of hydrogen-bond acceptors (Lipinski definition) is 3. The maximum atomic E-state index is 14.1. The molecule has 1 aliphatic heterocycles. The Labute approximate surface area is 119 Å². The van der Waals surface area contributed by atoms with Gasteiger partial charge in [-0.3, -0.25) is 4.90 Å². The minimum atomic E-state index is -0.519. The minimum Gasteiger partial charge on any atom is -0.364 e. The lowest BCUT2D eigenvalue weighted by atomic mass is 10.0. The van der Waals surface area contributed by atoms with Crippen molar-refractivity contribution in [1.29, 1.82) is 0 Å². The normalized spacial score (nSPS) is 17.6. The molecular weight excluding hydrogens is 260 g/mol. The third kappa shape index (κ3) is 3.10. The van der Waals surface area contributed by atoms with Gasteiger partial charge >= 0.3 is 0 Å². The molecule has 0 aromatic heterocycles. The Morgan fingerprint density at radius 2 is 1.55 bits per heavy atom. The first-order valence-electron chi connectivity index (χ1n) is 7.01. The monoisotopic (exact) mass is 283 g/mol. The van der Waals surface area contributed by atoms with Gasteiger partial charge in [-0.05, 0) is 38.5 Å². The molecule has 1 heterocycles. The Hall–Kier alpha value is -1.20. The Bertz CT molecular complexity index is 451. The summed E-state index contributed by atoms with van der Waals surface area (Å²) in [4.78, 5) is 4.11. The van der Waals surface area contributed by atoms with Gasteiger partial charge in [0, 0.05) is 38.3 Å². The van der Waals surface area contributed by atoms with Gasteiger partial charge in [-0.1, -0.05) is 0 Å². The molecule has 0 bridgehead atoms. The summed E-state index contributed by atoms with van der Waals surface area (Å²) in [5.41, 5.74) is 6.08. The van der Waals surface area contributed by atoms with E-state index in [2.05, 4.69) is 25.7 Å². The topological polar surface area (TPSA) is 32.5 Å². The predicted octanol–water partition coefficient (Wildman–Crippen LogP) is 2.34. The number of anilines is 1. The maximum Gasteiger partial charge on any atom is 0.149 e. The number of nitrogens with zero attached hydrogens (tertiary/aromatic N) is 2. The fraction of sp³-hybridized carbons (Fsp3) is 0.600. The van der Waals surface area contributed by atoms with Gasteiger partial charge in [-0.2, -0.15) is 0 Å². The van der Waals surface area contributed by atoms with E-state index in [0.717, 1.165) is 13.1 Å². The molecule has 1 aromatic carbocycles. The van der Waals surface area contributed by atoms with Crippen molar-refractivity contribution in [2.45, 2.75) is 32.9 Å². The van der Waals surface area contributed by atoms with Gasteiger partial charge in [-0.25, -0.2) is 8.78 Å². The summed E-state index contributed by atoms with van der Waals surface area (Å²) in [6.07, 6.45) is 0. The molecule has 5 heteroatoms. The average molecular weight is 283 g/mol. The maximum absolute atomic E-state index is 14.1. The summed E-state index contributed by atoms with van der Waals surface area (Å²) in [7, 11) is 0. The van der Waals surface area contributed by atoms with Gasteiger partial charge in [0.05, 0.1) is 0 Å². The van der Waals surface area contributed by atoms with Crippen molar-refractivity contribution in [2.75, 3.05) is 31.1 Å². The second-order valence-corrected chi connectivity index (χ2v) is 6.26. The Morgan fingerprint density at radius 3 is 1.95 bits per heavy atom. The lowest BCUT2D eigenvalue weighted by molar-refractivity contribution is 0.128. The van der Waals surface area contributed by atoms with Gasteiger partial charge in [0.15, 0.2) is 0 Å². The third-order valence-corrected chi connectivity index (χ3v) is 3.86. The highest BCUT2D eigenvalue weighted by Crippen LogP contribution is 2.27. The van der Waals surface area contributed by atoms with E-state index in [9.17, 15) is 8.78 Å². The SMILES string of the molecule is CC(C)(C)N1CCN(c2c(F)cc(CN)cc2F)CC1. The van der Waals surface area contributed by atoms with Crippen molar-refractivity contribution in [3.8, 4) is 0 Å². The van der Waals surface area contributed by atoms with E-state index in [1.807, 2.05) is 0 Å². The van der Waals surface area contributed by atoms with Gasteiger partial charge in [0.2, 0.25) is 0 Å². The summed E-state index contributed by atoms with van der Waals surface area (Å²) in [5, 5.41) is 0. The molecule has 0 unspecified atom stereocenters. The lowest BCUT2D eigenvalue weighted by Crippen LogP contribution is -2.53. The number of halogens is 2. The molecule has 0 aliphatic carbocycles. The molecule has 20 heavy (non-hydrogen) atoms. The number of rotatable bonds is 2. The fourth-order valence-corrected chi connectivity index (χ4v) is 2.64. The van der Waals surface area contributed by atoms with Crippen molar-refractivity contribution < 1.29 is 8.78 Å². The highest BCUT2D eigenvalue weighted by atomic mass is 19.1. The number of piperazine rings is 1. The van der Waals surface area contributed by atoms with Gasteiger partial charge in [0.1, 0.15) is 17.3 Å². The van der Waals surface area contributed by atoms with Crippen LogP contribution in [-0.2, 0) is 6.54 Å². The first-order valence-corrected chi connectivity index (χ1v) is 7.01. The van der Waals surface area contributed by atoms with E-state index in [-0.39, 0.29) is 17.8 Å². The molecule has 1 aliphatic rings. The van der Waals surface area contributed by atoms with Crippen molar-refractivity contribution in [3.63, 3.8) is 0 Å². The Kier molecular flexibility index (Phi) is 4.30. The molecule has 1 fully saturated rings. The van der Waals surface area contributed by atoms with Crippen molar-refractivity contribution in [3.05, 3.63) is 29.3 Å². The molecule has 0 atom stereocenters. The van der Waals surface area contributed by atoms with Crippen LogP contribution >= 0.6 is 0 Å². The van der Waals surface area contributed by atoms with Crippen LogP contribution in [0.2, 0.25) is 0 Å². The van der Waals surface area contributed by atoms with E-state index >= 15 is 0 Å². The van der Waals surface area contributed by atoms with Crippen LogP contribution in [0.25, 0.3) is 0 Å². The van der Waals surface area contributed by atoms with E-state index in [0.29, 0.717) is 18.7 Å². The standard InChI is InChI=1S/C15H23F2N3/c1-15(2,3)20-6-4-19(5-7-20)14-12(16)8-11(10-18)9-13(14)17/h8-9H,4-7,10,18H2,1-3H3. The fourth-order valence-electron chi connectivity index (χ4n) is 2.64. The quantitative estimate of drug-likeness (QED) is 0.904. The summed E-state index contributed by atoms with van der Waals surface area (Å²) in [6.45, 7) is 9.48. The highest BCUT2D eigenvalue weighted by Gasteiger charge is 2.28. The van der Waals surface area contributed by atoms with Crippen LogP contribution in [0.5, 0.6) is 0 Å². The van der Waals surface area contributed by atoms with E-state index < -0.39 is 11.6 Å². The highest BCUT2D eigenvalue weighted by molar-refractivity contribution is 5.51. The van der Waals surface area contributed by atoms with Crippen LogP contribution in [0.15, 0.2) is 12.1 Å². The first kappa shape index (κ1) is 15.2. The number of nitrogens with two attached hydrogens (primary N) is 1. The molecular formula is C15H23F2N3. The largest absolute Gasteiger partial charge is 0.364 e. The molecule has 112 valence electrons. The predicted molar refractivity (Wildman–Crippen MR) is 77.8 cm³/mol. The molecule has 1 aromatic rings. The van der Waals surface area contributed by atoms with Crippen LogP contribution in [-0.4, -0.2) is 36.6 Å². The second-order valence-electron chi connectivity index (χ2n) is 6.26. The zero-order valence-electron chi connectivity index (χ0n) is 12.4. The number of hydrogen-bond donors (Lipinski definition) is 1. The summed E-state index contributed by atoms with van der Waals surface area (Å²) >= 11 is 0. The summed E-state index contributed by atoms with van der Waals surface area (Å²) in [5.74, 6) is -1.04. The molecule has 0 spiro atoms. The molecule has 2 rings (SSSR count). The van der Waals surface area contributed by atoms with Crippen molar-refractivity contribution in [1.82, 2.24) is 4.90 Å². The van der Waals surface area contributed by atoms with E-state index in [4.69, 9.17) is 5.73 Å². The molecule has 3 nitrogen and oxygen atoms in total. The van der Waals surface area contributed by atoms with Crippen LogP contribution in [0.3, 0.4) is 0 Å². The van der Waals surface area contributed by atoms with E-state index in [1.54, 1.807) is 4.90 Å². The molecule has 2 N–H and O–H groups in total. The molecule has 1 saturated heterocycles. The zero-order chi connectivity index (χ0) is 14.9. The minimum absolute atomic E-state index is 0.0794. The van der Waals surface area contributed by atoms with Gasteiger partial charge in [0.25, 0.3) is 0 Å². The number of benzene rings is 1. The van der Waals surface area contributed by atoms with Crippen LogP contribution < -0.4 is 10.6 Å². The molecule has 0 amide bonds. The zero-order valence-corrected chi connectivity index (χ0v) is 12.4. The second kappa shape index (κ2) is 5.66. The third-order valence-electron chi connectivity index (χ3n) is 3.86. The smallest absolute Gasteiger partial charge is 0.149 e. The Balaban J connectivity index is 2.15. The van der Waals surface area contributed by atoms with Crippen molar-refractivity contribution in [2.24, 2.45) is 5.73 Å². The van der Waals surface area contributed by atoms with Crippen LogP contribution in [0.4, 0.5) is 14.5 Å².